The molecule has 4 nitrogen and oxygen atoms in total. The maximum absolute atomic E-state index is 10.7. The van der Waals surface area contributed by atoms with Gasteiger partial charge >= 0.3 is 5.97 Å². The first-order chi connectivity index (χ1) is 9.22. The van der Waals surface area contributed by atoms with E-state index in [1.165, 1.54) is 0 Å². The molecule has 1 N–H and O–H groups in total. The fraction of sp³-hybridized carbons (Fsp3) is 0.0667. The zero-order chi connectivity index (χ0) is 13.2. The Balaban J connectivity index is 2.02. The number of carbonyl (C=O) groups is 1. The van der Waals surface area contributed by atoms with Gasteiger partial charge in [-0.25, -0.2) is 4.98 Å². The van der Waals surface area contributed by atoms with Crippen LogP contribution >= 0.6 is 0 Å². The van der Waals surface area contributed by atoms with Gasteiger partial charge in [-0.05, 0) is 28.8 Å². The first-order valence-corrected chi connectivity index (χ1v) is 5.96. The van der Waals surface area contributed by atoms with Crippen LogP contribution in [0.3, 0.4) is 0 Å². The van der Waals surface area contributed by atoms with Crippen LogP contribution in [0.4, 0.5) is 0 Å². The molecule has 0 bridgehead atoms. The van der Waals surface area contributed by atoms with Gasteiger partial charge in [0.25, 0.3) is 0 Å². The molecule has 0 radical (unpaired) electrons. The van der Waals surface area contributed by atoms with Crippen LogP contribution in [0.1, 0.15) is 5.56 Å². The van der Waals surface area contributed by atoms with Crippen LogP contribution in [0.5, 0.6) is 0 Å². The first kappa shape index (κ1) is 11.5. The average Bonchev–Trinajstić information content (AvgIpc) is 2.85. The number of carboxylic acid groups (broad SMARTS) is 1. The number of benzene rings is 1. The molecule has 0 aliphatic heterocycles. The molecule has 3 aromatic rings. The molecule has 4 heteroatoms. The molecule has 3 rings (SSSR count). The summed E-state index contributed by atoms with van der Waals surface area (Å²) in [6.45, 7) is 0. The number of hydrogen-bond donors (Lipinski definition) is 1. The number of carboxylic acids is 1. The Morgan fingerprint density at radius 3 is 2.84 bits per heavy atom. The highest BCUT2D eigenvalue weighted by Crippen LogP contribution is 2.21. The molecule has 0 saturated carbocycles. The molecule has 2 heterocycles. The summed E-state index contributed by atoms with van der Waals surface area (Å²) in [5, 5.41) is 8.83. The first-order valence-electron chi connectivity index (χ1n) is 5.96. The van der Waals surface area contributed by atoms with E-state index in [1.807, 2.05) is 53.2 Å². The van der Waals surface area contributed by atoms with Gasteiger partial charge in [-0.15, -0.1) is 0 Å². The molecule has 0 saturated heterocycles. The van der Waals surface area contributed by atoms with Crippen molar-refractivity contribution in [3.8, 4) is 11.1 Å². The van der Waals surface area contributed by atoms with Gasteiger partial charge in [-0.3, -0.25) is 4.79 Å². The van der Waals surface area contributed by atoms with Crippen molar-refractivity contribution >= 4 is 11.6 Å². The van der Waals surface area contributed by atoms with Crippen molar-refractivity contribution in [1.29, 1.82) is 0 Å². The Bertz CT molecular complexity index is 746. The van der Waals surface area contributed by atoms with Crippen molar-refractivity contribution in [3.05, 3.63) is 60.6 Å². The SMILES string of the molecule is O=C(O)Cc1cccc(-c2ccn3ccnc3c2)c1. The lowest BCUT2D eigenvalue weighted by atomic mass is 10.0. The second-order valence-electron chi connectivity index (χ2n) is 4.38. The van der Waals surface area contributed by atoms with Gasteiger partial charge in [0.1, 0.15) is 5.65 Å². The number of rotatable bonds is 3. The lowest BCUT2D eigenvalue weighted by Crippen LogP contribution is -1.99. The summed E-state index contributed by atoms with van der Waals surface area (Å²) in [6.07, 6.45) is 5.63. The van der Waals surface area contributed by atoms with E-state index in [1.54, 1.807) is 6.20 Å². The highest BCUT2D eigenvalue weighted by atomic mass is 16.4. The van der Waals surface area contributed by atoms with E-state index in [0.29, 0.717) is 0 Å². The highest BCUT2D eigenvalue weighted by Gasteiger charge is 2.04. The second-order valence-corrected chi connectivity index (χ2v) is 4.38. The summed E-state index contributed by atoms with van der Waals surface area (Å²) in [5.74, 6) is -0.819. The van der Waals surface area contributed by atoms with Gasteiger partial charge < -0.3 is 9.51 Å². The zero-order valence-corrected chi connectivity index (χ0v) is 10.2. The lowest BCUT2D eigenvalue weighted by Gasteiger charge is -2.05. The van der Waals surface area contributed by atoms with Gasteiger partial charge in [0, 0.05) is 18.6 Å². The number of aliphatic carboxylic acids is 1. The molecular weight excluding hydrogens is 240 g/mol. The molecule has 2 aromatic heterocycles. The van der Waals surface area contributed by atoms with E-state index in [9.17, 15) is 4.79 Å². The van der Waals surface area contributed by atoms with E-state index in [4.69, 9.17) is 5.11 Å². The van der Waals surface area contributed by atoms with Crippen LogP contribution in [-0.4, -0.2) is 20.5 Å². The van der Waals surface area contributed by atoms with Gasteiger partial charge in [-0.1, -0.05) is 24.3 Å². The summed E-state index contributed by atoms with van der Waals surface area (Å²) in [6, 6.07) is 11.6. The number of pyridine rings is 1. The molecule has 0 unspecified atom stereocenters. The van der Waals surface area contributed by atoms with E-state index < -0.39 is 5.97 Å². The van der Waals surface area contributed by atoms with Crippen molar-refractivity contribution in [2.24, 2.45) is 0 Å². The molecule has 0 aliphatic rings. The third-order valence-electron chi connectivity index (χ3n) is 3.01. The van der Waals surface area contributed by atoms with Crippen LogP contribution in [0, 0.1) is 0 Å². The Kier molecular flexibility index (Phi) is 2.76. The highest BCUT2D eigenvalue weighted by molar-refractivity contribution is 5.73. The predicted octanol–water partition coefficient (Wildman–Crippen LogP) is 2.63. The Hall–Kier alpha value is -2.62. The summed E-state index contributed by atoms with van der Waals surface area (Å²) in [5.41, 5.74) is 3.71. The van der Waals surface area contributed by atoms with E-state index in [0.717, 1.165) is 22.3 Å². The Morgan fingerprint density at radius 1 is 1.16 bits per heavy atom. The monoisotopic (exact) mass is 252 g/mol. The van der Waals surface area contributed by atoms with Crippen LogP contribution in [-0.2, 0) is 11.2 Å². The second kappa shape index (κ2) is 4.57. The van der Waals surface area contributed by atoms with Gasteiger partial charge in [-0.2, -0.15) is 0 Å². The molecule has 0 spiro atoms. The minimum absolute atomic E-state index is 0.0411. The van der Waals surface area contributed by atoms with Crippen LogP contribution < -0.4 is 0 Å². The summed E-state index contributed by atoms with van der Waals surface area (Å²) < 4.78 is 1.94. The fourth-order valence-electron chi connectivity index (χ4n) is 2.13. The molecule has 0 atom stereocenters. The maximum Gasteiger partial charge on any atom is 0.307 e. The van der Waals surface area contributed by atoms with Crippen molar-refractivity contribution in [3.63, 3.8) is 0 Å². The Morgan fingerprint density at radius 2 is 2.00 bits per heavy atom. The van der Waals surface area contributed by atoms with Crippen molar-refractivity contribution < 1.29 is 9.90 Å². The number of nitrogens with zero attached hydrogens (tertiary/aromatic N) is 2. The van der Waals surface area contributed by atoms with Crippen LogP contribution in [0.2, 0.25) is 0 Å². The molecular formula is C15H12N2O2. The van der Waals surface area contributed by atoms with Crippen molar-refractivity contribution in [2.45, 2.75) is 6.42 Å². The third kappa shape index (κ3) is 2.33. The molecule has 0 aliphatic carbocycles. The average molecular weight is 252 g/mol. The fourth-order valence-corrected chi connectivity index (χ4v) is 2.13. The van der Waals surface area contributed by atoms with E-state index in [-0.39, 0.29) is 6.42 Å². The number of imidazole rings is 1. The smallest absolute Gasteiger partial charge is 0.307 e. The molecule has 0 amide bonds. The molecule has 1 aromatic carbocycles. The topological polar surface area (TPSA) is 54.6 Å². The van der Waals surface area contributed by atoms with Gasteiger partial charge in [0.05, 0.1) is 6.42 Å². The summed E-state index contributed by atoms with van der Waals surface area (Å²) in [7, 11) is 0. The van der Waals surface area contributed by atoms with Crippen LogP contribution in [0.25, 0.3) is 16.8 Å². The third-order valence-corrected chi connectivity index (χ3v) is 3.01. The lowest BCUT2D eigenvalue weighted by molar-refractivity contribution is -0.136. The number of aromatic nitrogens is 2. The van der Waals surface area contributed by atoms with Crippen LogP contribution in [0.15, 0.2) is 55.0 Å². The maximum atomic E-state index is 10.7. The minimum Gasteiger partial charge on any atom is -0.481 e. The summed E-state index contributed by atoms with van der Waals surface area (Å²) in [4.78, 5) is 15.0. The minimum atomic E-state index is -0.819. The standard InChI is InChI=1S/C15H12N2O2/c18-15(19)9-11-2-1-3-12(8-11)13-4-6-17-7-5-16-14(17)10-13/h1-8,10H,9H2,(H,18,19). The Labute approximate surface area is 110 Å². The molecule has 94 valence electrons. The van der Waals surface area contributed by atoms with E-state index in [2.05, 4.69) is 4.98 Å². The van der Waals surface area contributed by atoms with Crippen molar-refractivity contribution in [2.75, 3.05) is 0 Å². The number of fused-ring (bicyclic) bond motifs is 1. The number of hydrogen-bond acceptors (Lipinski definition) is 2. The molecule has 19 heavy (non-hydrogen) atoms. The van der Waals surface area contributed by atoms with E-state index >= 15 is 0 Å². The normalized spacial score (nSPS) is 10.7. The zero-order valence-electron chi connectivity index (χ0n) is 10.2. The van der Waals surface area contributed by atoms with Crippen molar-refractivity contribution in [1.82, 2.24) is 9.38 Å². The predicted molar refractivity (Wildman–Crippen MR) is 72.0 cm³/mol. The quantitative estimate of drug-likeness (QED) is 0.779. The summed E-state index contributed by atoms with van der Waals surface area (Å²) >= 11 is 0. The van der Waals surface area contributed by atoms with Gasteiger partial charge in [0.15, 0.2) is 0 Å². The molecule has 0 fully saturated rings. The van der Waals surface area contributed by atoms with Gasteiger partial charge in [0.2, 0.25) is 0 Å². The largest absolute Gasteiger partial charge is 0.481 e.